The van der Waals surface area contributed by atoms with Crippen molar-refractivity contribution in [3.05, 3.63) is 69.7 Å². The van der Waals surface area contributed by atoms with Gasteiger partial charge in [-0.3, -0.25) is 0 Å². The van der Waals surface area contributed by atoms with Gasteiger partial charge in [-0.15, -0.1) is 0 Å². The zero-order valence-electron chi connectivity index (χ0n) is 10.7. The molecule has 0 bridgehead atoms. The van der Waals surface area contributed by atoms with E-state index in [-0.39, 0.29) is 0 Å². The second kappa shape index (κ2) is 5.55. The van der Waals surface area contributed by atoms with Crippen molar-refractivity contribution in [1.82, 2.24) is 0 Å². The molecule has 0 aliphatic carbocycles. The van der Waals surface area contributed by atoms with Crippen LogP contribution in [0.5, 0.6) is 0 Å². The monoisotopic (exact) mass is 260 g/mol. The van der Waals surface area contributed by atoms with Crippen LogP contribution in [0.15, 0.2) is 42.5 Å². The third kappa shape index (κ3) is 3.12. The highest BCUT2D eigenvalue weighted by Gasteiger charge is 2.10. The number of hydrogen-bond acceptors (Lipinski definition) is 1. The number of halogens is 1. The molecule has 0 aliphatic rings. The molecule has 1 N–H and O–H groups in total. The predicted molar refractivity (Wildman–Crippen MR) is 76.0 cm³/mol. The zero-order valence-corrected chi connectivity index (χ0v) is 11.4. The Morgan fingerprint density at radius 3 is 2.39 bits per heavy atom. The third-order valence-electron chi connectivity index (χ3n) is 3.17. The summed E-state index contributed by atoms with van der Waals surface area (Å²) in [6, 6.07) is 13.7. The van der Waals surface area contributed by atoms with Crippen molar-refractivity contribution in [2.24, 2.45) is 0 Å². The molecule has 0 spiro atoms. The van der Waals surface area contributed by atoms with Crippen LogP contribution in [0.1, 0.15) is 28.4 Å². The number of hydrogen-bond donors (Lipinski definition) is 1. The first-order valence-corrected chi connectivity index (χ1v) is 6.44. The Morgan fingerprint density at radius 2 is 1.72 bits per heavy atom. The van der Waals surface area contributed by atoms with Crippen molar-refractivity contribution in [2.45, 2.75) is 26.4 Å². The van der Waals surface area contributed by atoms with Gasteiger partial charge in [-0.2, -0.15) is 0 Å². The molecular weight excluding hydrogens is 244 g/mol. The molecule has 0 aliphatic heterocycles. The number of aliphatic hydroxyl groups excluding tert-OH is 1. The van der Waals surface area contributed by atoms with Gasteiger partial charge >= 0.3 is 0 Å². The van der Waals surface area contributed by atoms with E-state index in [4.69, 9.17) is 11.6 Å². The molecule has 2 heteroatoms. The fourth-order valence-corrected chi connectivity index (χ4v) is 2.16. The van der Waals surface area contributed by atoms with Crippen LogP contribution in [0.2, 0.25) is 5.02 Å². The topological polar surface area (TPSA) is 20.2 Å². The van der Waals surface area contributed by atoms with E-state index in [2.05, 4.69) is 32.0 Å². The molecule has 0 aromatic heterocycles. The highest BCUT2D eigenvalue weighted by molar-refractivity contribution is 6.30. The van der Waals surface area contributed by atoms with E-state index in [1.54, 1.807) is 0 Å². The number of rotatable bonds is 3. The third-order valence-corrected chi connectivity index (χ3v) is 3.42. The predicted octanol–water partition coefficient (Wildman–Crippen LogP) is 4.23. The number of aryl methyl sites for hydroxylation is 2. The van der Waals surface area contributed by atoms with Crippen LogP contribution in [0.4, 0.5) is 0 Å². The number of benzene rings is 2. The summed E-state index contributed by atoms with van der Waals surface area (Å²) >= 11 is 5.84. The minimum atomic E-state index is -0.484. The molecule has 1 atom stereocenters. The average Bonchev–Trinajstić information content (AvgIpc) is 2.34. The van der Waals surface area contributed by atoms with E-state index in [1.165, 1.54) is 16.7 Å². The van der Waals surface area contributed by atoms with Crippen molar-refractivity contribution < 1.29 is 5.11 Å². The molecule has 0 radical (unpaired) electrons. The second-order valence-electron chi connectivity index (χ2n) is 4.70. The van der Waals surface area contributed by atoms with E-state index in [1.807, 2.05) is 24.3 Å². The molecular formula is C16H17ClO. The normalized spacial score (nSPS) is 12.4. The Labute approximate surface area is 113 Å². The van der Waals surface area contributed by atoms with Gasteiger partial charge in [0.25, 0.3) is 0 Å². The van der Waals surface area contributed by atoms with Gasteiger partial charge in [0.15, 0.2) is 0 Å². The van der Waals surface area contributed by atoms with E-state index in [9.17, 15) is 5.11 Å². The molecule has 2 rings (SSSR count). The Balaban J connectivity index is 2.18. The molecule has 0 heterocycles. The van der Waals surface area contributed by atoms with Gasteiger partial charge in [-0.1, -0.05) is 47.5 Å². The summed E-state index contributed by atoms with van der Waals surface area (Å²) in [6.45, 7) is 4.14. The summed E-state index contributed by atoms with van der Waals surface area (Å²) in [5.74, 6) is 0. The summed E-state index contributed by atoms with van der Waals surface area (Å²) < 4.78 is 0. The highest BCUT2D eigenvalue weighted by Crippen LogP contribution is 2.22. The maximum Gasteiger partial charge on any atom is 0.0830 e. The highest BCUT2D eigenvalue weighted by atomic mass is 35.5. The molecule has 0 saturated carbocycles. The number of aliphatic hydroxyl groups is 1. The Hall–Kier alpha value is -1.31. The molecule has 0 amide bonds. The summed E-state index contributed by atoms with van der Waals surface area (Å²) in [4.78, 5) is 0. The van der Waals surface area contributed by atoms with Gasteiger partial charge in [-0.05, 0) is 42.7 Å². The standard InChI is InChI=1S/C16H17ClO/c1-11-3-4-12(2)14(9-11)10-16(18)13-5-7-15(17)8-6-13/h3-9,16,18H,10H2,1-2H3. The zero-order chi connectivity index (χ0) is 13.1. The van der Waals surface area contributed by atoms with E-state index < -0.39 is 6.10 Å². The van der Waals surface area contributed by atoms with Crippen molar-refractivity contribution in [1.29, 1.82) is 0 Å². The van der Waals surface area contributed by atoms with Crippen molar-refractivity contribution >= 4 is 11.6 Å². The lowest BCUT2D eigenvalue weighted by Gasteiger charge is -2.13. The summed E-state index contributed by atoms with van der Waals surface area (Å²) in [5.41, 5.74) is 4.53. The first-order chi connectivity index (χ1) is 8.56. The minimum absolute atomic E-state index is 0.484. The van der Waals surface area contributed by atoms with Crippen LogP contribution in [0.25, 0.3) is 0 Å². The van der Waals surface area contributed by atoms with E-state index >= 15 is 0 Å². The van der Waals surface area contributed by atoms with Gasteiger partial charge in [0.2, 0.25) is 0 Å². The molecule has 94 valence electrons. The van der Waals surface area contributed by atoms with Crippen LogP contribution in [-0.4, -0.2) is 5.11 Å². The fourth-order valence-electron chi connectivity index (χ4n) is 2.03. The van der Waals surface area contributed by atoms with Crippen molar-refractivity contribution in [3.8, 4) is 0 Å². The van der Waals surface area contributed by atoms with E-state index in [0.29, 0.717) is 11.4 Å². The van der Waals surface area contributed by atoms with Crippen LogP contribution < -0.4 is 0 Å². The average molecular weight is 261 g/mol. The molecule has 2 aromatic rings. The minimum Gasteiger partial charge on any atom is -0.388 e. The summed E-state index contributed by atoms with van der Waals surface area (Å²) in [7, 11) is 0. The maximum atomic E-state index is 10.2. The molecule has 1 unspecified atom stereocenters. The van der Waals surface area contributed by atoms with Crippen LogP contribution in [0.3, 0.4) is 0 Å². The molecule has 18 heavy (non-hydrogen) atoms. The van der Waals surface area contributed by atoms with Gasteiger partial charge < -0.3 is 5.11 Å². The van der Waals surface area contributed by atoms with Crippen LogP contribution >= 0.6 is 11.6 Å². The molecule has 1 nitrogen and oxygen atoms in total. The van der Waals surface area contributed by atoms with Gasteiger partial charge in [0, 0.05) is 11.4 Å². The van der Waals surface area contributed by atoms with Crippen LogP contribution in [-0.2, 0) is 6.42 Å². The lowest BCUT2D eigenvalue weighted by Crippen LogP contribution is -2.03. The Bertz CT molecular complexity index is 531. The van der Waals surface area contributed by atoms with Gasteiger partial charge in [0.05, 0.1) is 6.10 Å². The summed E-state index contributed by atoms with van der Waals surface area (Å²) in [6.07, 6.45) is 0.151. The van der Waals surface area contributed by atoms with Gasteiger partial charge in [-0.25, -0.2) is 0 Å². The molecule has 0 saturated heterocycles. The van der Waals surface area contributed by atoms with Crippen molar-refractivity contribution in [2.75, 3.05) is 0 Å². The molecule has 2 aromatic carbocycles. The lowest BCUT2D eigenvalue weighted by molar-refractivity contribution is 0.178. The van der Waals surface area contributed by atoms with E-state index in [0.717, 1.165) is 5.56 Å². The Morgan fingerprint density at radius 1 is 1.06 bits per heavy atom. The smallest absolute Gasteiger partial charge is 0.0830 e. The second-order valence-corrected chi connectivity index (χ2v) is 5.14. The molecule has 0 fully saturated rings. The first-order valence-electron chi connectivity index (χ1n) is 6.06. The SMILES string of the molecule is Cc1ccc(C)c(CC(O)c2ccc(Cl)cc2)c1. The Kier molecular flexibility index (Phi) is 4.05. The largest absolute Gasteiger partial charge is 0.388 e. The van der Waals surface area contributed by atoms with Crippen LogP contribution in [0, 0.1) is 13.8 Å². The quantitative estimate of drug-likeness (QED) is 0.876. The first kappa shape index (κ1) is 13.1. The summed E-state index contributed by atoms with van der Waals surface area (Å²) in [5, 5.41) is 10.9. The van der Waals surface area contributed by atoms with Gasteiger partial charge in [0.1, 0.15) is 0 Å². The lowest BCUT2D eigenvalue weighted by atomic mass is 9.97. The maximum absolute atomic E-state index is 10.2. The van der Waals surface area contributed by atoms with Crippen molar-refractivity contribution in [3.63, 3.8) is 0 Å². The fraction of sp³-hybridized carbons (Fsp3) is 0.250.